The summed E-state index contributed by atoms with van der Waals surface area (Å²) in [6.07, 6.45) is 5.38. The minimum absolute atomic E-state index is 0. The van der Waals surface area contributed by atoms with E-state index < -0.39 is 0 Å². The second-order valence-corrected chi connectivity index (χ2v) is 1.68. The Labute approximate surface area is 63.9 Å². The highest BCUT2D eigenvalue weighted by Crippen LogP contribution is 1.83. The summed E-state index contributed by atoms with van der Waals surface area (Å²) in [6, 6.07) is 0. The lowest BCUT2D eigenvalue weighted by Crippen LogP contribution is -1.55. The summed E-state index contributed by atoms with van der Waals surface area (Å²) in [6.45, 7) is 2.12. The standard InChI is InChI=1S/C5H9Br.BrH/c1-2-3-4-5-6;/h3-4H,2,5H2,1H3;1H. The molecule has 0 nitrogen and oxygen atoms in total. The van der Waals surface area contributed by atoms with Gasteiger partial charge in [0.2, 0.25) is 0 Å². The van der Waals surface area contributed by atoms with Crippen LogP contribution in [-0.2, 0) is 0 Å². The quantitative estimate of drug-likeness (QED) is 0.505. The first-order chi connectivity index (χ1) is 2.91. The van der Waals surface area contributed by atoms with Gasteiger partial charge in [-0.25, -0.2) is 0 Å². The van der Waals surface area contributed by atoms with Crippen molar-refractivity contribution in [2.45, 2.75) is 13.3 Å². The second-order valence-electron chi connectivity index (χ2n) is 1.03. The predicted molar refractivity (Wildman–Crippen MR) is 43.5 cm³/mol. The number of alkyl halides is 1. The van der Waals surface area contributed by atoms with Crippen LogP contribution in [0.5, 0.6) is 0 Å². The maximum absolute atomic E-state index is 3.26. The van der Waals surface area contributed by atoms with Crippen molar-refractivity contribution in [2.75, 3.05) is 5.33 Å². The zero-order valence-corrected chi connectivity index (χ0v) is 7.65. The van der Waals surface area contributed by atoms with Crippen LogP contribution in [0, 0.1) is 0 Å². The van der Waals surface area contributed by atoms with Gasteiger partial charge < -0.3 is 0 Å². The molecule has 0 aliphatic rings. The Kier molecular flexibility index (Phi) is 15.0. The fourth-order valence-electron chi connectivity index (χ4n) is 0.230. The van der Waals surface area contributed by atoms with Crippen LogP contribution in [0.3, 0.4) is 0 Å². The molecule has 0 unspecified atom stereocenters. The molecule has 0 aliphatic heterocycles. The smallest absolute Gasteiger partial charge is 0.0212 e. The van der Waals surface area contributed by atoms with Crippen molar-refractivity contribution < 1.29 is 0 Å². The zero-order valence-electron chi connectivity index (χ0n) is 4.36. The molecular formula is C5H10Br2. The van der Waals surface area contributed by atoms with Crippen LogP contribution in [0.4, 0.5) is 0 Å². The third kappa shape index (κ3) is 10.8. The average Bonchev–Trinajstić information content (AvgIpc) is 1.61. The molecule has 0 radical (unpaired) electrons. The van der Waals surface area contributed by atoms with Gasteiger partial charge in [0, 0.05) is 5.33 Å². The second kappa shape index (κ2) is 9.85. The fraction of sp³-hybridized carbons (Fsp3) is 0.600. The molecule has 0 aromatic heterocycles. The van der Waals surface area contributed by atoms with Crippen molar-refractivity contribution in [1.82, 2.24) is 0 Å². The van der Waals surface area contributed by atoms with Gasteiger partial charge >= 0.3 is 0 Å². The summed E-state index contributed by atoms with van der Waals surface area (Å²) in [5.74, 6) is 0. The van der Waals surface area contributed by atoms with Crippen molar-refractivity contribution in [3.8, 4) is 0 Å². The molecule has 2 heteroatoms. The Morgan fingerprint density at radius 1 is 1.43 bits per heavy atom. The van der Waals surface area contributed by atoms with Crippen LogP contribution in [0.1, 0.15) is 13.3 Å². The maximum Gasteiger partial charge on any atom is 0.0212 e. The van der Waals surface area contributed by atoms with Crippen LogP contribution in [0.25, 0.3) is 0 Å². The molecule has 0 aromatic rings. The Bertz CT molecular complexity index is 35.3. The van der Waals surface area contributed by atoms with E-state index in [4.69, 9.17) is 0 Å². The van der Waals surface area contributed by atoms with Gasteiger partial charge in [-0.15, -0.1) is 17.0 Å². The Morgan fingerprint density at radius 2 is 2.00 bits per heavy atom. The fourth-order valence-corrected chi connectivity index (χ4v) is 0.494. The molecule has 0 saturated heterocycles. The summed E-state index contributed by atoms with van der Waals surface area (Å²) < 4.78 is 0. The lowest BCUT2D eigenvalue weighted by atomic mass is 10.4. The van der Waals surface area contributed by atoms with Gasteiger partial charge in [-0.1, -0.05) is 35.0 Å². The molecule has 0 fully saturated rings. The minimum atomic E-state index is 0. The molecule has 0 amide bonds. The predicted octanol–water partition coefficient (Wildman–Crippen LogP) is 2.93. The lowest BCUT2D eigenvalue weighted by molar-refractivity contribution is 1.22. The third-order valence-electron chi connectivity index (χ3n) is 0.491. The highest BCUT2D eigenvalue weighted by atomic mass is 79.9. The highest BCUT2D eigenvalue weighted by molar-refractivity contribution is 9.09. The maximum atomic E-state index is 3.26. The van der Waals surface area contributed by atoms with Crippen LogP contribution in [-0.4, -0.2) is 5.33 Å². The Morgan fingerprint density at radius 3 is 2.14 bits per heavy atom. The molecule has 0 atom stereocenters. The van der Waals surface area contributed by atoms with E-state index >= 15 is 0 Å². The van der Waals surface area contributed by atoms with Crippen molar-refractivity contribution in [3.63, 3.8) is 0 Å². The van der Waals surface area contributed by atoms with Gasteiger partial charge in [-0.2, -0.15) is 0 Å². The van der Waals surface area contributed by atoms with Crippen molar-refractivity contribution in [3.05, 3.63) is 12.2 Å². The van der Waals surface area contributed by atoms with Crippen molar-refractivity contribution >= 4 is 32.9 Å². The molecule has 0 aliphatic carbocycles. The lowest BCUT2D eigenvalue weighted by Gasteiger charge is -1.71. The van der Waals surface area contributed by atoms with Gasteiger partial charge in [0.05, 0.1) is 0 Å². The summed E-state index contributed by atoms with van der Waals surface area (Å²) in [5.41, 5.74) is 0. The molecule has 0 spiro atoms. The molecular weight excluding hydrogens is 220 g/mol. The van der Waals surface area contributed by atoms with E-state index in [0.717, 1.165) is 11.8 Å². The molecule has 0 rings (SSSR count). The van der Waals surface area contributed by atoms with E-state index in [9.17, 15) is 0 Å². The van der Waals surface area contributed by atoms with Crippen molar-refractivity contribution in [2.24, 2.45) is 0 Å². The molecule has 0 bridgehead atoms. The van der Waals surface area contributed by atoms with Gasteiger partial charge in [0.1, 0.15) is 0 Å². The van der Waals surface area contributed by atoms with Gasteiger partial charge in [0.15, 0.2) is 0 Å². The molecule has 7 heavy (non-hydrogen) atoms. The summed E-state index contributed by atoms with van der Waals surface area (Å²) in [4.78, 5) is 0. The molecule has 0 N–H and O–H groups in total. The van der Waals surface area contributed by atoms with Gasteiger partial charge in [-0.05, 0) is 6.42 Å². The van der Waals surface area contributed by atoms with Crippen LogP contribution >= 0.6 is 32.9 Å². The average molecular weight is 230 g/mol. The van der Waals surface area contributed by atoms with E-state index in [0.29, 0.717) is 0 Å². The topological polar surface area (TPSA) is 0 Å². The number of allylic oxidation sites excluding steroid dienone is 2. The normalized spacial score (nSPS) is 8.86. The number of hydrogen-bond acceptors (Lipinski definition) is 0. The number of halogens is 2. The first-order valence-electron chi connectivity index (χ1n) is 2.12. The van der Waals surface area contributed by atoms with Gasteiger partial charge in [0.25, 0.3) is 0 Å². The number of rotatable bonds is 2. The van der Waals surface area contributed by atoms with Crippen molar-refractivity contribution in [1.29, 1.82) is 0 Å². The van der Waals surface area contributed by atoms with E-state index in [1.54, 1.807) is 0 Å². The highest BCUT2D eigenvalue weighted by Gasteiger charge is 1.61. The first kappa shape index (κ1) is 10.6. The Hall–Kier alpha value is 0.700. The SMILES string of the molecule is Br.CCC=CCBr. The monoisotopic (exact) mass is 228 g/mol. The van der Waals surface area contributed by atoms with Gasteiger partial charge in [-0.3, -0.25) is 0 Å². The summed E-state index contributed by atoms with van der Waals surface area (Å²) in [7, 11) is 0. The van der Waals surface area contributed by atoms with Crippen LogP contribution in [0.2, 0.25) is 0 Å². The largest absolute Gasteiger partial charge is 0.114 e. The Balaban J connectivity index is 0. The molecule has 0 heterocycles. The van der Waals surface area contributed by atoms with Crippen LogP contribution < -0.4 is 0 Å². The van der Waals surface area contributed by atoms with E-state index in [1.165, 1.54) is 0 Å². The molecule has 44 valence electrons. The van der Waals surface area contributed by atoms with E-state index in [2.05, 4.69) is 35.0 Å². The third-order valence-corrected chi connectivity index (χ3v) is 0.865. The number of hydrogen-bond donors (Lipinski definition) is 0. The van der Waals surface area contributed by atoms with Crippen LogP contribution in [0.15, 0.2) is 12.2 Å². The summed E-state index contributed by atoms with van der Waals surface area (Å²) >= 11 is 3.26. The molecule has 0 aromatic carbocycles. The molecule has 0 saturated carbocycles. The first-order valence-corrected chi connectivity index (χ1v) is 3.25. The van der Waals surface area contributed by atoms with E-state index in [1.807, 2.05) is 0 Å². The van der Waals surface area contributed by atoms with E-state index in [-0.39, 0.29) is 17.0 Å². The zero-order chi connectivity index (χ0) is 4.83. The summed E-state index contributed by atoms with van der Waals surface area (Å²) in [5, 5.41) is 0.987. The minimum Gasteiger partial charge on any atom is -0.114 e.